The Morgan fingerprint density at radius 3 is 2.88 bits per heavy atom. The van der Waals surface area contributed by atoms with Gasteiger partial charge in [-0.2, -0.15) is 0 Å². The Balaban J connectivity index is 2.70. The van der Waals surface area contributed by atoms with Gasteiger partial charge in [-0.15, -0.1) is 0 Å². The number of aromatic amines is 1. The van der Waals surface area contributed by atoms with E-state index in [4.69, 9.17) is 9.84 Å². The smallest absolute Gasteiger partial charge is 0.352 e. The van der Waals surface area contributed by atoms with E-state index in [1.807, 2.05) is 25.1 Å². The molecule has 0 unspecified atom stereocenters. The number of para-hydroxylation sites is 1. The van der Waals surface area contributed by atoms with Crippen molar-refractivity contribution in [3.05, 3.63) is 29.5 Å². The molecule has 2 rings (SSSR count). The number of aromatic carboxylic acids is 1. The second kappa shape index (κ2) is 3.89. The summed E-state index contributed by atoms with van der Waals surface area (Å²) in [6.07, 6.45) is 0. The van der Waals surface area contributed by atoms with Crippen LogP contribution < -0.4 is 4.74 Å². The molecule has 1 heterocycles. The molecule has 84 valence electrons. The summed E-state index contributed by atoms with van der Waals surface area (Å²) >= 11 is 0. The van der Waals surface area contributed by atoms with E-state index in [0.29, 0.717) is 12.4 Å². The van der Waals surface area contributed by atoms with E-state index >= 15 is 0 Å². The molecule has 1 aromatic heterocycles. The van der Waals surface area contributed by atoms with Crippen LogP contribution in [0.4, 0.5) is 0 Å². The van der Waals surface area contributed by atoms with Gasteiger partial charge in [0.05, 0.1) is 12.1 Å². The maximum Gasteiger partial charge on any atom is 0.352 e. The minimum atomic E-state index is -0.948. The number of aryl methyl sites for hydroxylation is 1. The van der Waals surface area contributed by atoms with Crippen molar-refractivity contribution in [2.75, 3.05) is 6.61 Å². The molecule has 0 atom stereocenters. The number of ether oxygens (including phenoxy) is 1. The molecule has 0 saturated carbocycles. The minimum Gasteiger partial charge on any atom is -0.492 e. The molecule has 0 bridgehead atoms. The fourth-order valence-corrected chi connectivity index (χ4v) is 1.82. The Hall–Kier alpha value is -1.97. The number of carboxylic acid groups (broad SMARTS) is 1. The second-order valence-corrected chi connectivity index (χ2v) is 3.54. The van der Waals surface area contributed by atoms with Gasteiger partial charge in [0, 0.05) is 5.39 Å². The van der Waals surface area contributed by atoms with Gasteiger partial charge >= 0.3 is 5.97 Å². The van der Waals surface area contributed by atoms with Crippen LogP contribution in [0.2, 0.25) is 0 Å². The van der Waals surface area contributed by atoms with Gasteiger partial charge in [0.15, 0.2) is 0 Å². The fraction of sp³-hybridized carbons (Fsp3) is 0.250. The average Bonchev–Trinajstić information content (AvgIpc) is 2.58. The van der Waals surface area contributed by atoms with Crippen LogP contribution in [-0.4, -0.2) is 22.7 Å². The predicted molar refractivity (Wildman–Crippen MR) is 61.2 cm³/mol. The van der Waals surface area contributed by atoms with Crippen LogP contribution in [0.15, 0.2) is 18.2 Å². The van der Waals surface area contributed by atoms with E-state index in [0.717, 1.165) is 16.5 Å². The second-order valence-electron chi connectivity index (χ2n) is 3.54. The van der Waals surface area contributed by atoms with Gasteiger partial charge in [-0.25, -0.2) is 4.79 Å². The summed E-state index contributed by atoms with van der Waals surface area (Å²) in [7, 11) is 0. The van der Waals surface area contributed by atoms with Crippen molar-refractivity contribution in [2.45, 2.75) is 13.8 Å². The van der Waals surface area contributed by atoms with Crippen LogP contribution >= 0.6 is 0 Å². The number of carbonyl (C=O) groups is 1. The number of rotatable bonds is 3. The van der Waals surface area contributed by atoms with Gasteiger partial charge in [0.25, 0.3) is 0 Å². The molecule has 1 aromatic carbocycles. The van der Waals surface area contributed by atoms with Crippen LogP contribution in [-0.2, 0) is 0 Å². The van der Waals surface area contributed by atoms with Gasteiger partial charge in [0.1, 0.15) is 11.4 Å². The maximum atomic E-state index is 11.0. The van der Waals surface area contributed by atoms with Crippen molar-refractivity contribution in [3.63, 3.8) is 0 Å². The zero-order valence-electron chi connectivity index (χ0n) is 9.20. The quantitative estimate of drug-likeness (QED) is 0.833. The average molecular weight is 219 g/mol. The van der Waals surface area contributed by atoms with Crippen LogP contribution in [0.25, 0.3) is 10.9 Å². The highest BCUT2D eigenvalue weighted by Crippen LogP contribution is 2.29. The zero-order chi connectivity index (χ0) is 11.7. The molecule has 2 aromatic rings. The van der Waals surface area contributed by atoms with E-state index in [2.05, 4.69) is 4.98 Å². The lowest BCUT2D eigenvalue weighted by Crippen LogP contribution is -1.98. The summed E-state index contributed by atoms with van der Waals surface area (Å²) in [5.74, 6) is -0.258. The van der Waals surface area contributed by atoms with Crippen molar-refractivity contribution in [2.24, 2.45) is 0 Å². The molecule has 0 fully saturated rings. The summed E-state index contributed by atoms with van der Waals surface area (Å²) in [5, 5.41) is 9.91. The van der Waals surface area contributed by atoms with Crippen LogP contribution in [0.5, 0.6) is 5.75 Å². The third-order valence-corrected chi connectivity index (χ3v) is 2.57. The molecule has 2 N–H and O–H groups in total. The number of hydrogen-bond acceptors (Lipinski definition) is 2. The molecule has 0 aliphatic carbocycles. The highest BCUT2D eigenvalue weighted by molar-refractivity contribution is 5.99. The first-order valence-electron chi connectivity index (χ1n) is 5.12. The molecule has 16 heavy (non-hydrogen) atoms. The number of fused-ring (bicyclic) bond motifs is 1. The van der Waals surface area contributed by atoms with Crippen molar-refractivity contribution in [3.8, 4) is 5.75 Å². The molecular formula is C12H13NO3. The van der Waals surface area contributed by atoms with Crippen molar-refractivity contribution in [1.29, 1.82) is 0 Å². The van der Waals surface area contributed by atoms with E-state index in [9.17, 15) is 4.79 Å². The number of hydrogen-bond donors (Lipinski definition) is 2. The lowest BCUT2D eigenvalue weighted by molar-refractivity contribution is 0.0691. The highest BCUT2D eigenvalue weighted by Gasteiger charge is 2.15. The van der Waals surface area contributed by atoms with Crippen LogP contribution in [0.1, 0.15) is 23.0 Å². The van der Waals surface area contributed by atoms with Crippen molar-refractivity contribution < 1.29 is 14.6 Å². The van der Waals surface area contributed by atoms with Gasteiger partial charge in [-0.3, -0.25) is 0 Å². The Morgan fingerprint density at radius 1 is 1.50 bits per heavy atom. The minimum absolute atomic E-state index is 0.224. The third kappa shape index (κ3) is 1.52. The van der Waals surface area contributed by atoms with Gasteiger partial charge in [0.2, 0.25) is 0 Å². The normalized spacial score (nSPS) is 10.6. The van der Waals surface area contributed by atoms with Crippen molar-refractivity contribution in [1.82, 2.24) is 4.98 Å². The number of aromatic nitrogens is 1. The van der Waals surface area contributed by atoms with Gasteiger partial charge < -0.3 is 14.8 Å². The summed E-state index contributed by atoms with van der Waals surface area (Å²) in [4.78, 5) is 13.9. The summed E-state index contributed by atoms with van der Waals surface area (Å²) < 4.78 is 5.44. The fourth-order valence-electron chi connectivity index (χ4n) is 1.82. The number of nitrogens with one attached hydrogen (secondary N) is 1. The molecular weight excluding hydrogens is 206 g/mol. The molecule has 0 saturated heterocycles. The largest absolute Gasteiger partial charge is 0.492 e. The third-order valence-electron chi connectivity index (χ3n) is 2.57. The number of benzene rings is 1. The first-order valence-corrected chi connectivity index (χ1v) is 5.12. The molecule has 4 nitrogen and oxygen atoms in total. The van der Waals surface area contributed by atoms with Gasteiger partial charge in [-0.05, 0) is 25.5 Å². The monoisotopic (exact) mass is 219 g/mol. The topological polar surface area (TPSA) is 62.3 Å². The van der Waals surface area contributed by atoms with E-state index in [1.54, 1.807) is 6.92 Å². The molecule has 0 aliphatic rings. The molecule has 0 radical (unpaired) electrons. The number of H-pyrrole nitrogens is 1. The summed E-state index contributed by atoms with van der Waals surface area (Å²) in [6, 6.07) is 5.57. The number of carboxylic acids is 1. The Labute approximate surface area is 92.9 Å². The van der Waals surface area contributed by atoms with Gasteiger partial charge in [-0.1, -0.05) is 12.1 Å². The van der Waals surface area contributed by atoms with Crippen LogP contribution in [0, 0.1) is 6.92 Å². The van der Waals surface area contributed by atoms with Crippen LogP contribution in [0.3, 0.4) is 0 Å². The Kier molecular flexibility index (Phi) is 2.56. The van der Waals surface area contributed by atoms with E-state index < -0.39 is 5.97 Å². The predicted octanol–water partition coefficient (Wildman–Crippen LogP) is 2.57. The van der Waals surface area contributed by atoms with Crippen molar-refractivity contribution >= 4 is 16.9 Å². The molecule has 0 spiro atoms. The summed E-state index contributed by atoms with van der Waals surface area (Å²) in [6.45, 7) is 4.24. The lowest BCUT2D eigenvalue weighted by Gasteiger charge is -2.03. The first-order chi connectivity index (χ1) is 7.65. The Bertz CT molecular complexity index is 542. The molecule has 0 amide bonds. The van der Waals surface area contributed by atoms with E-state index in [1.165, 1.54) is 0 Å². The SMILES string of the molecule is CCOc1cccc2c(C)c(C(=O)O)[nH]c12. The summed E-state index contributed by atoms with van der Waals surface area (Å²) in [5.41, 5.74) is 1.71. The standard InChI is InChI=1S/C12H13NO3/c1-3-16-9-6-4-5-8-7(2)10(12(14)15)13-11(8)9/h4-6,13H,3H2,1-2H3,(H,14,15). The maximum absolute atomic E-state index is 11.0. The molecule has 4 heteroatoms. The zero-order valence-corrected chi connectivity index (χ0v) is 9.20. The highest BCUT2D eigenvalue weighted by atomic mass is 16.5. The van der Waals surface area contributed by atoms with E-state index in [-0.39, 0.29) is 5.69 Å². The first kappa shape index (κ1) is 10.5. The Morgan fingerprint density at radius 2 is 2.25 bits per heavy atom. The lowest BCUT2D eigenvalue weighted by atomic mass is 10.1. The molecule has 0 aliphatic heterocycles.